The number of pyridine rings is 1. The minimum Gasteiger partial charge on any atom is -0.339 e. The average Bonchev–Trinajstić information content (AvgIpc) is 3.11. The van der Waals surface area contributed by atoms with E-state index in [0.717, 1.165) is 36.5 Å². The summed E-state index contributed by atoms with van der Waals surface area (Å²) in [6.45, 7) is 3.93. The number of hydrogen-bond donors (Lipinski definition) is 1. The van der Waals surface area contributed by atoms with E-state index in [-0.39, 0.29) is 30.7 Å². The summed E-state index contributed by atoms with van der Waals surface area (Å²) in [7, 11) is 0. The minimum atomic E-state index is -0.475. The van der Waals surface area contributed by atoms with E-state index in [2.05, 4.69) is 16.1 Å². The fraction of sp³-hybridized carbons (Fsp3) is 0.333. The molecule has 8 heteroatoms. The summed E-state index contributed by atoms with van der Waals surface area (Å²) in [5.74, 6) is 0.0474. The number of carbonyl (C=O) groups is 1. The van der Waals surface area contributed by atoms with E-state index < -0.39 is 6.04 Å². The van der Waals surface area contributed by atoms with Crippen LogP contribution >= 0.6 is 24.8 Å². The second kappa shape index (κ2) is 10.6. The average molecular weight is 436 g/mol. The maximum Gasteiger partial charge on any atom is 0.239 e. The fourth-order valence-corrected chi connectivity index (χ4v) is 3.61. The van der Waals surface area contributed by atoms with Gasteiger partial charge in [0.15, 0.2) is 0 Å². The number of nitrogens with two attached hydrogens (primary N) is 1. The first-order valence-corrected chi connectivity index (χ1v) is 9.42. The van der Waals surface area contributed by atoms with Crippen LogP contribution in [-0.4, -0.2) is 57.3 Å². The summed E-state index contributed by atoms with van der Waals surface area (Å²) < 4.78 is 2.04. The summed E-state index contributed by atoms with van der Waals surface area (Å²) >= 11 is 0. The number of fused-ring (bicyclic) bond motifs is 1. The highest BCUT2D eigenvalue weighted by Crippen LogP contribution is 2.11. The molecular weight excluding hydrogens is 409 g/mol. The quantitative estimate of drug-likeness (QED) is 0.667. The smallest absolute Gasteiger partial charge is 0.239 e. The molecule has 3 heterocycles. The molecule has 6 nitrogen and oxygen atoms in total. The molecule has 0 radical (unpaired) electrons. The van der Waals surface area contributed by atoms with E-state index in [9.17, 15) is 4.79 Å². The molecule has 4 rings (SSSR count). The molecule has 1 saturated heterocycles. The van der Waals surface area contributed by atoms with Crippen molar-refractivity contribution in [2.75, 3.05) is 26.2 Å². The lowest BCUT2D eigenvalue weighted by Crippen LogP contribution is -2.53. The van der Waals surface area contributed by atoms with Gasteiger partial charge in [-0.1, -0.05) is 36.4 Å². The number of carbonyl (C=O) groups excluding carboxylic acids is 1. The van der Waals surface area contributed by atoms with Crippen molar-refractivity contribution in [1.29, 1.82) is 0 Å². The van der Waals surface area contributed by atoms with Crippen molar-refractivity contribution in [1.82, 2.24) is 19.2 Å². The van der Waals surface area contributed by atoms with Crippen LogP contribution in [-0.2, 0) is 17.8 Å². The zero-order valence-corrected chi connectivity index (χ0v) is 17.8. The van der Waals surface area contributed by atoms with Gasteiger partial charge in [0.05, 0.1) is 11.7 Å². The van der Waals surface area contributed by atoms with Gasteiger partial charge in [0.2, 0.25) is 5.91 Å². The van der Waals surface area contributed by atoms with Crippen LogP contribution in [0.15, 0.2) is 60.9 Å². The fourth-order valence-electron chi connectivity index (χ4n) is 3.61. The molecule has 1 aliphatic rings. The summed E-state index contributed by atoms with van der Waals surface area (Å²) in [6, 6.07) is 15.5. The van der Waals surface area contributed by atoms with Crippen molar-refractivity contribution < 1.29 is 4.79 Å². The molecule has 1 aliphatic heterocycles. The van der Waals surface area contributed by atoms with Crippen LogP contribution in [0.1, 0.15) is 11.3 Å². The van der Waals surface area contributed by atoms with E-state index in [0.29, 0.717) is 19.5 Å². The molecule has 3 aromatic rings. The number of aromatic nitrogens is 2. The molecule has 0 aliphatic carbocycles. The number of imidazole rings is 1. The van der Waals surface area contributed by atoms with Gasteiger partial charge in [-0.3, -0.25) is 9.69 Å². The molecule has 1 unspecified atom stereocenters. The van der Waals surface area contributed by atoms with E-state index in [1.807, 2.05) is 64.0 Å². The third-order valence-corrected chi connectivity index (χ3v) is 5.10. The Labute approximate surface area is 183 Å². The first kappa shape index (κ1) is 23.2. The number of halogens is 2. The van der Waals surface area contributed by atoms with Gasteiger partial charge in [0.25, 0.3) is 0 Å². The monoisotopic (exact) mass is 435 g/mol. The highest BCUT2D eigenvalue weighted by Gasteiger charge is 2.25. The molecule has 0 bridgehead atoms. The predicted molar refractivity (Wildman–Crippen MR) is 120 cm³/mol. The Morgan fingerprint density at radius 3 is 2.38 bits per heavy atom. The Kier molecular flexibility index (Phi) is 8.46. The van der Waals surface area contributed by atoms with Gasteiger partial charge < -0.3 is 15.0 Å². The SMILES string of the molecule is Cl.Cl.NC(Cc1ccccc1)C(=O)N1CCN(Cc2cn3ccccc3n2)CC1. The van der Waals surface area contributed by atoms with E-state index in [4.69, 9.17) is 5.73 Å². The van der Waals surface area contributed by atoms with Gasteiger partial charge in [0, 0.05) is 45.1 Å². The summed E-state index contributed by atoms with van der Waals surface area (Å²) in [5, 5.41) is 0. The van der Waals surface area contributed by atoms with Crippen molar-refractivity contribution in [3.63, 3.8) is 0 Å². The van der Waals surface area contributed by atoms with E-state index in [1.165, 1.54) is 0 Å². The Morgan fingerprint density at radius 1 is 1.00 bits per heavy atom. The first-order chi connectivity index (χ1) is 13.2. The largest absolute Gasteiger partial charge is 0.339 e. The summed E-state index contributed by atoms with van der Waals surface area (Å²) in [5.41, 5.74) is 9.29. The number of piperazine rings is 1. The Bertz CT molecular complexity index is 877. The van der Waals surface area contributed by atoms with Crippen molar-refractivity contribution >= 4 is 36.4 Å². The van der Waals surface area contributed by atoms with Gasteiger partial charge in [-0.15, -0.1) is 24.8 Å². The number of hydrogen-bond acceptors (Lipinski definition) is 4. The second-order valence-electron chi connectivity index (χ2n) is 7.10. The number of rotatable bonds is 5. The van der Waals surface area contributed by atoms with Crippen LogP contribution in [0, 0.1) is 0 Å². The van der Waals surface area contributed by atoms with Crippen LogP contribution < -0.4 is 5.73 Å². The third kappa shape index (κ3) is 5.70. The van der Waals surface area contributed by atoms with Gasteiger partial charge in [0.1, 0.15) is 5.65 Å². The molecule has 1 amide bonds. The zero-order chi connectivity index (χ0) is 18.6. The lowest BCUT2D eigenvalue weighted by atomic mass is 10.1. The highest BCUT2D eigenvalue weighted by molar-refractivity contribution is 5.85. The van der Waals surface area contributed by atoms with Crippen molar-refractivity contribution in [2.45, 2.75) is 19.0 Å². The van der Waals surface area contributed by atoms with Crippen LogP contribution in [0.4, 0.5) is 0 Å². The minimum absolute atomic E-state index is 0. The maximum absolute atomic E-state index is 12.7. The second-order valence-corrected chi connectivity index (χ2v) is 7.10. The molecule has 2 N–H and O–H groups in total. The van der Waals surface area contributed by atoms with Crippen LogP contribution in [0.5, 0.6) is 0 Å². The van der Waals surface area contributed by atoms with Gasteiger partial charge >= 0.3 is 0 Å². The molecule has 1 atom stereocenters. The number of benzene rings is 1. The number of nitrogens with zero attached hydrogens (tertiary/aromatic N) is 4. The first-order valence-electron chi connectivity index (χ1n) is 9.42. The third-order valence-electron chi connectivity index (χ3n) is 5.10. The molecule has 0 saturated carbocycles. The topological polar surface area (TPSA) is 66.9 Å². The Balaban J connectivity index is 0.00000150. The van der Waals surface area contributed by atoms with E-state index >= 15 is 0 Å². The predicted octanol–water partition coefficient (Wildman–Crippen LogP) is 2.39. The molecule has 1 fully saturated rings. The van der Waals surface area contributed by atoms with Gasteiger partial charge in [-0.2, -0.15) is 0 Å². The maximum atomic E-state index is 12.7. The molecular formula is C21H27Cl2N5O. The standard InChI is InChI=1S/C21H25N5O.2ClH/c22-19(14-17-6-2-1-3-7-17)21(27)25-12-10-24(11-13-25)15-18-16-26-9-5-4-8-20(26)23-18;;/h1-9,16,19H,10-15,22H2;2*1H. The van der Waals surface area contributed by atoms with Crippen molar-refractivity contribution in [3.8, 4) is 0 Å². The summed E-state index contributed by atoms with van der Waals surface area (Å²) in [6.07, 6.45) is 4.67. The van der Waals surface area contributed by atoms with Gasteiger partial charge in [-0.05, 0) is 24.1 Å². The van der Waals surface area contributed by atoms with Crippen LogP contribution in [0.2, 0.25) is 0 Å². The van der Waals surface area contributed by atoms with E-state index in [1.54, 1.807) is 0 Å². The Hall–Kier alpha value is -2.12. The Morgan fingerprint density at radius 2 is 1.69 bits per heavy atom. The molecule has 2 aromatic heterocycles. The lowest BCUT2D eigenvalue weighted by molar-refractivity contribution is -0.134. The van der Waals surface area contributed by atoms with Crippen molar-refractivity contribution in [3.05, 3.63) is 72.2 Å². The molecule has 1 aromatic carbocycles. The number of amides is 1. The highest BCUT2D eigenvalue weighted by atomic mass is 35.5. The normalized spacial score (nSPS) is 15.4. The lowest BCUT2D eigenvalue weighted by Gasteiger charge is -2.35. The molecule has 29 heavy (non-hydrogen) atoms. The van der Waals surface area contributed by atoms with Gasteiger partial charge in [-0.25, -0.2) is 4.98 Å². The van der Waals surface area contributed by atoms with Crippen LogP contribution in [0.3, 0.4) is 0 Å². The van der Waals surface area contributed by atoms with Crippen molar-refractivity contribution in [2.24, 2.45) is 5.73 Å². The van der Waals surface area contributed by atoms with Crippen LogP contribution in [0.25, 0.3) is 5.65 Å². The molecule has 0 spiro atoms. The molecule has 156 valence electrons. The zero-order valence-electron chi connectivity index (χ0n) is 16.2. The summed E-state index contributed by atoms with van der Waals surface area (Å²) in [4.78, 5) is 21.5.